The molecule has 1 aliphatic heterocycles. The van der Waals surface area contributed by atoms with E-state index < -0.39 is 0 Å². The highest BCUT2D eigenvalue weighted by atomic mass is 32.1. The summed E-state index contributed by atoms with van der Waals surface area (Å²) in [5, 5.41) is 5.89. The van der Waals surface area contributed by atoms with Crippen molar-refractivity contribution in [2.45, 2.75) is 25.4 Å². The van der Waals surface area contributed by atoms with Crippen molar-refractivity contribution in [3.05, 3.63) is 75.4 Å². The predicted molar refractivity (Wildman–Crippen MR) is 115 cm³/mol. The third-order valence-electron chi connectivity index (χ3n) is 5.43. The summed E-state index contributed by atoms with van der Waals surface area (Å²) in [6.45, 7) is 2.07. The standard InChI is InChI=1S/C22H20FN5O2S/c23-17-7-3-5-15(11-17)20-25-21(30-26-20)16-6-4-10-27(12-16)14-28-19(13-31-22(28)29)18-8-1-2-9-24-18/h1-3,5,7-9,11,13,16H,4,6,10,12,14H2. The summed E-state index contributed by atoms with van der Waals surface area (Å²) >= 11 is 1.18. The first kappa shape index (κ1) is 19.8. The molecular weight excluding hydrogens is 417 g/mol. The third-order valence-corrected chi connectivity index (χ3v) is 6.19. The number of nitrogens with zero attached hydrogens (tertiary/aromatic N) is 5. The number of piperidine rings is 1. The summed E-state index contributed by atoms with van der Waals surface area (Å²) in [7, 11) is 0. The summed E-state index contributed by atoms with van der Waals surface area (Å²) in [5.41, 5.74) is 2.20. The minimum Gasteiger partial charge on any atom is -0.339 e. The van der Waals surface area contributed by atoms with Crippen LogP contribution in [0.3, 0.4) is 0 Å². The van der Waals surface area contributed by atoms with Crippen LogP contribution >= 0.6 is 11.3 Å². The first-order valence-corrected chi connectivity index (χ1v) is 11.0. The van der Waals surface area contributed by atoms with Crippen molar-refractivity contribution in [2.75, 3.05) is 13.1 Å². The molecule has 3 aromatic heterocycles. The number of halogens is 1. The molecule has 0 spiro atoms. The second kappa shape index (κ2) is 8.52. The summed E-state index contributed by atoms with van der Waals surface area (Å²) in [4.78, 5) is 23.6. The van der Waals surface area contributed by atoms with Gasteiger partial charge in [0.25, 0.3) is 0 Å². The Hall–Kier alpha value is -3.17. The van der Waals surface area contributed by atoms with Crippen molar-refractivity contribution in [3.63, 3.8) is 0 Å². The molecule has 1 unspecified atom stereocenters. The van der Waals surface area contributed by atoms with E-state index in [-0.39, 0.29) is 16.6 Å². The van der Waals surface area contributed by atoms with Crippen molar-refractivity contribution in [1.29, 1.82) is 0 Å². The Morgan fingerprint density at radius 2 is 2.16 bits per heavy atom. The molecule has 1 aromatic carbocycles. The van der Waals surface area contributed by atoms with Crippen LogP contribution in [0.5, 0.6) is 0 Å². The predicted octanol–water partition coefficient (Wildman–Crippen LogP) is 4.00. The second-order valence-electron chi connectivity index (χ2n) is 7.55. The molecule has 7 nitrogen and oxygen atoms in total. The number of hydrogen-bond donors (Lipinski definition) is 0. The Morgan fingerprint density at radius 3 is 3.00 bits per heavy atom. The molecule has 0 bridgehead atoms. The minimum atomic E-state index is -0.336. The molecule has 4 heterocycles. The van der Waals surface area contributed by atoms with Gasteiger partial charge in [-0.3, -0.25) is 19.2 Å². The van der Waals surface area contributed by atoms with Crippen LogP contribution in [-0.4, -0.2) is 37.7 Å². The molecule has 1 aliphatic rings. The Kier molecular flexibility index (Phi) is 5.44. The van der Waals surface area contributed by atoms with Gasteiger partial charge in [0.2, 0.25) is 11.7 Å². The third kappa shape index (κ3) is 4.19. The number of hydrogen-bond acceptors (Lipinski definition) is 7. The molecule has 1 saturated heterocycles. The van der Waals surface area contributed by atoms with E-state index in [2.05, 4.69) is 20.0 Å². The molecule has 1 atom stereocenters. The Labute approximate surface area is 181 Å². The van der Waals surface area contributed by atoms with Gasteiger partial charge >= 0.3 is 4.87 Å². The van der Waals surface area contributed by atoms with Gasteiger partial charge in [0, 0.05) is 23.7 Å². The first-order valence-electron chi connectivity index (χ1n) is 10.1. The number of thiazole rings is 1. The lowest BCUT2D eigenvalue weighted by atomic mass is 9.98. The molecule has 5 rings (SSSR count). The van der Waals surface area contributed by atoms with Gasteiger partial charge in [-0.1, -0.05) is 34.7 Å². The average Bonchev–Trinajstić information content (AvgIpc) is 3.43. The molecule has 0 N–H and O–H groups in total. The van der Waals surface area contributed by atoms with Crippen LogP contribution in [0.2, 0.25) is 0 Å². The van der Waals surface area contributed by atoms with Crippen LogP contribution < -0.4 is 4.87 Å². The fourth-order valence-electron chi connectivity index (χ4n) is 3.91. The van der Waals surface area contributed by atoms with Gasteiger partial charge in [-0.2, -0.15) is 4.98 Å². The van der Waals surface area contributed by atoms with Crippen LogP contribution in [0.25, 0.3) is 22.8 Å². The fraction of sp³-hybridized carbons (Fsp3) is 0.273. The van der Waals surface area contributed by atoms with Gasteiger partial charge in [-0.25, -0.2) is 4.39 Å². The number of pyridine rings is 1. The molecule has 0 aliphatic carbocycles. The maximum absolute atomic E-state index is 13.5. The van der Waals surface area contributed by atoms with Crippen LogP contribution in [0.15, 0.2) is 63.4 Å². The largest absolute Gasteiger partial charge is 0.339 e. The van der Waals surface area contributed by atoms with Crippen molar-refractivity contribution in [1.82, 2.24) is 24.6 Å². The van der Waals surface area contributed by atoms with E-state index in [0.717, 1.165) is 30.8 Å². The summed E-state index contributed by atoms with van der Waals surface area (Å²) in [6, 6.07) is 11.8. The summed E-state index contributed by atoms with van der Waals surface area (Å²) in [6.07, 6.45) is 3.61. The van der Waals surface area contributed by atoms with Gasteiger partial charge in [-0.15, -0.1) is 0 Å². The molecule has 31 heavy (non-hydrogen) atoms. The average molecular weight is 438 g/mol. The lowest BCUT2D eigenvalue weighted by molar-refractivity contribution is 0.151. The Bertz CT molecular complexity index is 1240. The van der Waals surface area contributed by atoms with Crippen LogP contribution in [-0.2, 0) is 6.67 Å². The normalized spacial score (nSPS) is 17.1. The smallest absolute Gasteiger partial charge is 0.308 e. The van der Waals surface area contributed by atoms with Crippen LogP contribution in [0.1, 0.15) is 24.7 Å². The molecular formula is C22H20FN5O2S. The van der Waals surface area contributed by atoms with Crippen molar-refractivity contribution < 1.29 is 8.91 Å². The van der Waals surface area contributed by atoms with E-state index in [1.54, 1.807) is 22.9 Å². The molecule has 9 heteroatoms. The van der Waals surface area contributed by atoms with Gasteiger partial charge < -0.3 is 4.52 Å². The monoisotopic (exact) mass is 437 g/mol. The number of aromatic nitrogens is 4. The van der Waals surface area contributed by atoms with Crippen molar-refractivity contribution in [2.24, 2.45) is 0 Å². The first-order chi connectivity index (χ1) is 15.2. The highest BCUT2D eigenvalue weighted by Crippen LogP contribution is 2.28. The molecule has 0 radical (unpaired) electrons. The van der Waals surface area contributed by atoms with E-state index in [1.165, 1.54) is 23.5 Å². The lowest BCUT2D eigenvalue weighted by Crippen LogP contribution is -2.38. The molecule has 1 fully saturated rings. The number of rotatable bonds is 5. The molecule has 0 saturated carbocycles. The second-order valence-corrected chi connectivity index (χ2v) is 8.37. The number of benzene rings is 1. The van der Waals surface area contributed by atoms with E-state index in [1.807, 2.05) is 23.6 Å². The topological polar surface area (TPSA) is 77.1 Å². The molecule has 4 aromatic rings. The van der Waals surface area contributed by atoms with Crippen LogP contribution in [0, 0.1) is 5.82 Å². The number of likely N-dealkylation sites (tertiary alicyclic amines) is 1. The maximum Gasteiger partial charge on any atom is 0.308 e. The fourth-order valence-corrected chi connectivity index (χ4v) is 4.65. The molecule has 0 amide bonds. The summed E-state index contributed by atoms with van der Waals surface area (Å²) < 4.78 is 20.8. The molecule has 158 valence electrons. The van der Waals surface area contributed by atoms with Crippen LogP contribution in [0.4, 0.5) is 4.39 Å². The zero-order chi connectivity index (χ0) is 21.2. The van der Waals surface area contributed by atoms with Crippen molar-refractivity contribution >= 4 is 11.3 Å². The maximum atomic E-state index is 13.5. The van der Waals surface area contributed by atoms with E-state index in [9.17, 15) is 9.18 Å². The van der Waals surface area contributed by atoms with E-state index in [4.69, 9.17) is 4.52 Å². The van der Waals surface area contributed by atoms with Gasteiger partial charge in [0.1, 0.15) is 5.82 Å². The van der Waals surface area contributed by atoms with E-state index >= 15 is 0 Å². The van der Waals surface area contributed by atoms with Gasteiger partial charge in [-0.05, 0) is 43.7 Å². The lowest BCUT2D eigenvalue weighted by Gasteiger charge is -2.31. The van der Waals surface area contributed by atoms with Gasteiger partial charge in [0.15, 0.2) is 0 Å². The summed E-state index contributed by atoms with van der Waals surface area (Å²) in [5.74, 6) is 0.665. The van der Waals surface area contributed by atoms with Gasteiger partial charge in [0.05, 0.1) is 24.0 Å². The van der Waals surface area contributed by atoms with Crippen molar-refractivity contribution in [3.8, 4) is 22.8 Å². The zero-order valence-corrected chi connectivity index (χ0v) is 17.5. The Morgan fingerprint density at radius 1 is 1.23 bits per heavy atom. The highest BCUT2D eigenvalue weighted by Gasteiger charge is 2.27. The Balaban J connectivity index is 1.33. The quantitative estimate of drug-likeness (QED) is 0.470. The zero-order valence-electron chi connectivity index (χ0n) is 16.6. The minimum absolute atomic E-state index is 0.00560. The van der Waals surface area contributed by atoms with E-state index in [0.29, 0.717) is 30.5 Å². The highest BCUT2D eigenvalue weighted by molar-refractivity contribution is 7.07. The SMILES string of the molecule is O=c1scc(-c2ccccn2)n1CN1CCCC(c2nc(-c3cccc(F)c3)no2)C1.